The van der Waals surface area contributed by atoms with E-state index in [2.05, 4.69) is 15.3 Å². The van der Waals surface area contributed by atoms with Crippen molar-refractivity contribution in [2.24, 2.45) is 0 Å². The molecule has 1 aromatic carbocycles. The Morgan fingerprint density at radius 1 is 1.17 bits per heavy atom. The molecule has 2 aromatic heterocycles. The lowest BCUT2D eigenvalue weighted by molar-refractivity contribution is 0.0943. The second-order valence-corrected chi connectivity index (χ2v) is 5.77. The van der Waals surface area contributed by atoms with Crippen LogP contribution in [-0.2, 0) is 0 Å². The van der Waals surface area contributed by atoms with Gasteiger partial charge < -0.3 is 11.1 Å². The van der Waals surface area contributed by atoms with Crippen molar-refractivity contribution in [2.45, 2.75) is 19.9 Å². The molecule has 2 heterocycles. The van der Waals surface area contributed by atoms with Gasteiger partial charge in [0.2, 0.25) is 0 Å². The zero-order valence-corrected chi connectivity index (χ0v) is 13.6. The number of aromatic nitrogens is 3. The van der Waals surface area contributed by atoms with E-state index in [-0.39, 0.29) is 11.9 Å². The van der Waals surface area contributed by atoms with Crippen molar-refractivity contribution in [1.29, 1.82) is 0 Å². The molecule has 0 spiro atoms. The quantitative estimate of drug-likeness (QED) is 0.773. The third-order valence-electron chi connectivity index (χ3n) is 3.49. The second kappa shape index (κ2) is 6.54. The summed E-state index contributed by atoms with van der Waals surface area (Å²) < 4.78 is 1.92. The fraction of sp³-hybridized carbons (Fsp3) is 0.167. The van der Waals surface area contributed by atoms with Crippen LogP contribution >= 0.6 is 0 Å². The zero-order valence-electron chi connectivity index (χ0n) is 13.6. The van der Waals surface area contributed by atoms with Crippen LogP contribution in [0.2, 0.25) is 0 Å². The molecule has 0 atom stereocenters. The number of carbonyl (C=O) groups excluding carboxylic acids is 1. The molecule has 0 aliphatic rings. The molecule has 0 saturated heterocycles. The Kier molecular flexibility index (Phi) is 4.29. The van der Waals surface area contributed by atoms with Gasteiger partial charge in [0.1, 0.15) is 11.6 Å². The van der Waals surface area contributed by atoms with Crippen LogP contribution < -0.4 is 11.1 Å². The summed E-state index contributed by atoms with van der Waals surface area (Å²) in [5.74, 6) is 1.08. The molecule has 0 radical (unpaired) electrons. The van der Waals surface area contributed by atoms with Gasteiger partial charge in [0.05, 0.1) is 0 Å². The van der Waals surface area contributed by atoms with Crippen LogP contribution in [0.15, 0.2) is 55.0 Å². The first-order chi connectivity index (χ1) is 11.5. The number of benzene rings is 1. The molecule has 1 amide bonds. The minimum atomic E-state index is -0.0957. The fourth-order valence-electron chi connectivity index (χ4n) is 2.46. The molecule has 3 N–H and O–H groups in total. The number of anilines is 1. The van der Waals surface area contributed by atoms with Gasteiger partial charge in [-0.15, -0.1) is 0 Å². The van der Waals surface area contributed by atoms with Gasteiger partial charge in [-0.05, 0) is 44.2 Å². The first-order valence-corrected chi connectivity index (χ1v) is 7.71. The van der Waals surface area contributed by atoms with E-state index in [1.807, 2.05) is 48.9 Å². The molecule has 0 unspecified atom stereocenters. The van der Waals surface area contributed by atoms with E-state index in [1.165, 1.54) is 0 Å². The normalized spacial score (nSPS) is 10.8. The molecule has 3 aromatic rings. The Hall–Kier alpha value is -3.15. The highest BCUT2D eigenvalue weighted by Gasteiger charge is 2.11. The lowest BCUT2D eigenvalue weighted by Crippen LogP contribution is -2.30. The Bertz CT molecular complexity index is 869. The highest BCUT2D eigenvalue weighted by molar-refractivity contribution is 5.94. The molecule has 6 nitrogen and oxygen atoms in total. The summed E-state index contributed by atoms with van der Waals surface area (Å²) in [4.78, 5) is 20.6. The van der Waals surface area contributed by atoms with Crippen LogP contribution in [0.3, 0.4) is 0 Å². The summed E-state index contributed by atoms with van der Waals surface area (Å²) in [6.07, 6.45) is 5.22. The molecule has 0 aliphatic heterocycles. The van der Waals surface area contributed by atoms with Gasteiger partial charge in [-0.2, -0.15) is 0 Å². The van der Waals surface area contributed by atoms with E-state index in [1.54, 1.807) is 24.5 Å². The van der Waals surface area contributed by atoms with E-state index >= 15 is 0 Å². The molecule has 3 rings (SSSR count). The largest absolute Gasteiger partial charge is 0.384 e. The van der Waals surface area contributed by atoms with Crippen molar-refractivity contribution < 1.29 is 4.79 Å². The Balaban J connectivity index is 1.99. The van der Waals surface area contributed by atoms with Gasteiger partial charge in [0.25, 0.3) is 5.91 Å². The minimum absolute atomic E-state index is 0.0877. The molecule has 122 valence electrons. The van der Waals surface area contributed by atoms with E-state index in [4.69, 9.17) is 5.73 Å². The predicted molar refractivity (Wildman–Crippen MR) is 93.8 cm³/mol. The fourth-order valence-corrected chi connectivity index (χ4v) is 2.46. The number of nitrogens with one attached hydrogen (secondary N) is 1. The Morgan fingerprint density at radius 3 is 2.75 bits per heavy atom. The summed E-state index contributed by atoms with van der Waals surface area (Å²) in [6.45, 7) is 3.87. The summed E-state index contributed by atoms with van der Waals surface area (Å²) in [5.41, 5.74) is 8.09. The number of hydrogen-bond acceptors (Lipinski definition) is 4. The van der Waals surface area contributed by atoms with E-state index in [9.17, 15) is 4.79 Å². The number of nitrogens with zero attached hydrogens (tertiary/aromatic N) is 3. The second-order valence-electron chi connectivity index (χ2n) is 5.77. The Labute approximate surface area is 140 Å². The van der Waals surface area contributed by atoms with Crippen LogP contribution in [0.4, 0.5) is 5.82 Å². The molecular formula is C18H19N5O. The maximum Gasteiger partial charge on any atom is 0.251 e. The van der Waals surface area contributed by atoms with Crippen molar-refractivity contribution in [2.75, 3.05) is 5.73 Å². The number of carbonyl (C=O) groups is 1. The lowest BCUT2D eigenvalue weighted by atomic mass is 10.1. The average molecular weight is 321 g/mol. The monoisotopic (exact) mass is 321 g/mol. The van der Waals surface area contributed by atoms with Crippen LogP contribution in [0, 0.1) is 0 Å². The number of hydrogen-bond donors (Lipinski definition) is 2. The lowest BCUT2D eigenvalue weighted by Gasteiger charge is -2.11. The van der Waals surface area contributed by atoms with Gasteiger partial charge in [0, 0.05) is 41.4 Å². The summed E-state index contributed by atoms with van der Waals surface area (Å²) in [7, 11) is 0. The van der Waals surface area contributed by atoms with Crippen molar-refractivity contribution in [3.8, 4) is 17.1 Å². The van der Waals surface area contributed by atoms with Crippen LogP contribution in [-0.4, -0.2) is 26.5 Å². The first-order valence-electron chi connectivity index (χ1n) is 7.71. The van der Waals surface area contributed by atoms with E-state index < -0.39 is 0 Å². The molecule has 24 heavy (non-hydrogen) atoms. The topological polar surface area (TPSA) is 85.8 Å². The predicted octanol–water partition coefficient (Wildman–Crippen LogP) is 2.65. The number of amides is 1. The molecule has 0 saturated carbocycles. The van der Waals surface area contributed by atoms with Gasteiger partial charge in [-0.25, -0.2) is 9.97 Å². The van der Waals surface area contributed by atoms with E-state index in [0.29, 0.717) is 11.4 Å². The number of rotatable bonds is 4. The van der Waals surface area contributed by atoms with Gasteiger partial charge in [-0.3, -0.25) is 9.36 Å². The van der Waals surface area contributed by atoms with Crippen LogP contribution in [0.1, 0.15) is 24.2 Å². The van der Waals surface area contributed by atoms with E-state index in [0.717, 1.165) is 17.1 Å². The molecule has 0 bridgehead atoms. The Morgan fingerprint density at radius 2 is 2.00 bits per heavy atom. The summed E-state index contributed by atoms with van der Waals surface area (Å²) in [6, 6.07) is 11.1. The van der Waals surface area contributed by atoms with Crippen LogP contribution in [0.5, 0.6) is 0 Å². The minimum Gasteiger partial charge on any atom is -0.384 e. The third-order valence-corrected chi connectivity index (χ3v) is 3.49. The number of imidazole rings is 1. The molecule has 0 fully saturated rings. The smallest absolute Gasteiger partial charge is 0.251 e. The van der Waals surface area contributed by atoms with Gasteiger partial charge >= 0.3 is 0 Å². The summed E-state index contributed by atoms with van der Waals surface area (Å²) in [5, 5.41) is 2.90. The van der Waals surface area contributed by atoms with Gasteiger partial charge in [-0.1, -0.05) is 6.07 Å². The highest BCUT2D eigenvalue weighted by atomic mass is 16.1. The van der Waals surface area contributed by atoms with Gasteiger partial charge in [0.15, 0.2) is 0 Å². The van der Waals surface area contributed by atoms with Crippen molar-refractivity contribution in [1.82, 2.24) is 19.9 Å². The SMILES string of the molecule is CC(C)NC(=O)c1cccc(-n2ccnc2-c2ccnc(N)c2)c1. The maximum atomic E-state index is 12.2. The zero-order chi connectivity index (χ0) is 17.1. The number of pyridine rings is 1. The van der Waals surface area contributed by atoms with Crippen molar-refractivity contribution in [3.05, 3.63) is 60.6 Å². The molecule has 6 heteroatoms. The highest BCUT2D eigenvalue weighted by Crippen LogP contribution is 2.22. The number of nitrogens with two attached hydrogens (primary N) is 1. The third kappa shape index (κ3) is 3.27. The van der Waals surface area contributed by atoms with Crippen molar-refractivity contribution >= 4 is 11.7 Å². The maximum absolute atomic E-state index is 12.2. The van der Waals surface area contributed by atoms with Crippen molar-refractivity contribution in [3.63, 3.8) is 0 Å². The summed E-state index contributed by atoms with van der Waals surface area (Å²) >= 11 is 0. The number of nitrogen functional groups attached to an aromatic ring is 1. The van der Waals surface area contributed by atoms with Crippen LogP contribution in [0.25, 0.3) is 17.1 Å². The first kappa shape index (κ1) is 15.7. The molecular weight excluding hydrogens is 302 g/mol. The average Bonchev–Trinajstić information content (AvgIpc) is 3.04. The molecule has 0 aliphatic carbocycles. The standard InChI is InChI=1S/C18H19N5O/c1-12(2)22-18(24)14-4-3-5-15(10-14)23-9-8-21-17(23)13-6-7-20-16(19)11-13/h3-12H,1-2H3,(H2,19,20)(H,22,24).